The minimum Gasteiger partial charge on any atom is -0.326 e. The SMILES string of the molecule is CCC(C)(C(N)C(C)C)N(C)C. The predicted molar refractivity (Wildman–Crippen MR) is 55.2 cm³/mol. The van der Waals surface area contributed by atoms with Crippen LogP contribution in [0, 0.1) is 5.92 Å². The third-order valence-corrected chi connectivity index (χ3v) is 3.17. The number of hydrogen-bond donors (Lipinski definition) is 1. The molecular weight excluding hydrogens is 148 g/mol. The van der Waals surface area contributed by atoms with Crippen molar-refractivity contribution in [3.05, 3.63) is 0 Å². The van der Waals surface area contributed by atoms with E-state index in [4.69, 9.17) is 5.73 Å². The molecule has 12 heavy (non-hydrogen) atoms. The van der Waals surface area contributed by atoms with Gasteiger partial charge in [0.15, 0.2) is 0 Å². The summed E-state index contributed by atoms with van der Waals surface area (Å²) in [6.07, 6.45) is 1.10. The fourth-order valence-electron chi connectivity index (χ4n) is 1.57. The van der Waals surface area contributed by atoms with Crippen molar-refractivity contribution in [3.63, 3.8) is 0 Å². The lowest BCUT2D eigenvalue weighted by Gasteiger charge is -2.42. The summed E-state index contributed by atoms with van der Waals surface area (Å²) in [5.74, 6) is 0.539. The van der Waals surface area contributed by atoms with Gasteiger partial charge in [-0.15, -0.1) is 0 Å². The minimum absolute atomic E-state index is 0.133. The van der Waals surface area contributed by atoms with Crippen molar-refractivity contribution in [1.82, 2.24) is 4.90 Å². The molecule has 0 radical (unpaired) electrons. The third kappa shape index (κ3) is 2.20. The first-order valence-electron chi connectivity index (χ1n) is 4.79. The standard InChI is InChI=1S/C10H24N2/c1-7-10(4,12(5)6)9(11)8(2)3/h8-9H,7,11H2,1-6H3. The second-order valence-corrected chi connectivity index (χ2v) is 4.37. The summed E-state index contributed by atoms with van der Waals surface area (Å²) in [7, 11) is 4.21. The largest absolute Gasteiger partial charge is 0.326 e. The highest BCUT2D eigenvalue weighted by molar-refractivity contribution is 4.93. The van der Waals surface area contributed by atoms with E-state index in [1.165, 1.54) is 0 Å². The van der Waals surface area contributed by atoms with Gasteiger partial charge in [-0.2, -0.15) is 0 Å². The van der Waals surface area contributed by atoms with E-state index >= 15 is 0 Å². The molecule has 2 N–H and O–H groups in total. The lowest BCUT2D eigenvalue weighted by atomic mass is 9.82. The van der Waals surface area contributed by atoms with Crippen molar-refractivity contribution in [2.45, 2.75) is 45.7 Å². The Morgan fingerprint density at radius 3 is 1.83 bits per heavy atom. The average molecular weight is 172 g/mol. The maximum Gasteiger partial charge on any atom is 0.0326 e. The summed E-state index contributed by atoms with van der Waals surface area (Å²) in [5.41, 5.74) is 6.30. The molecule has 0 saturated carbocycles. The van der Waals surface area contributed by atoms with Gasteiger partial charge in [0.1, 0.15) is 0 Å². The molecule has 0 amide bonds. The first-order valence-corrected chi connectivity index (χ1v) is 4.79. The van der Waals surface area contributed by atoms with Crippen LogP contribution in [0.15, 0.2) is 0 Å². The maximum absolute atomic E-state index is 6.16. The fraction of sp³-hybridized carbons (Fsp3) is 1.00. The van der Waals surface area contributed by atoms with Crippen LogP contribution in [0.4, 0.5) is 0 Å². The smallest absolute Gasteiger partial charge is 0.0326 e. The molecule has 2 nitrogen and oxygen atoms in total. The zero-order valence-electron chi connectivity index (χ0n) is 9.39. The van der Waals surface area contributed by atoms with E-state index in [9.17, 15) is 0 Å². The molecule has 0 rings (SSSR count). The molecule has 0 aromatic heterocycles. The van der Waals surface area contributed by atoms with E-state index in [2.05, 4.69) is 46.7 Å². The van der Waals surface area contributed by atoms with Crippen LogP contribution >= 0.6 is 0 Å². The van der Waals surface area contributed by atoms with Gasteiger partial charge < -0.3 is 10.6 Å². The highest BCUT2D eigenvalue weighted by Gasteiger charge is 2.33. The second-order valence-electron chi connectivity index (χ2n) is 4.37. The van der Waals surface area contributed by atoms with E-state index in [-0.39, 0.29) is 11.6 Å². The van der Waals surface area contributed by atoms with Crippen molar-refractivity contribution >= 4 is 0 Å². The van der Waals surface area contributed by atoms with E-state index in [0.717, 1.165) is 6.42 Å². The zero-order chi connectivity index (χ0) is 9.94. The number of rotatable bonds is 4. The molecule has 0 aliphatic rings. The molecule has 0 fully saturated rings. The van der Waals surface area contributed by atoms with Crippen molar-refractivity contribution in [2.24, 2.45) is 11.7 Å². The van der Waals surface area contributed by atoms with Crippen LogP contribution in [0.25, 0.3) is 0 Å². The first-order chi connectivity index (χ1) is 5.36. The van der Waals surface area contributed by atoms with Gasteiger partial charge in [-0.3, -0.25) is 0 Å². The summed E-state index contributed by atoms with van der Waals surface area (Å²) in [4.78, 5) is 2.23. The van der Waals surface area contributed by atoms with Crippen LogP contribution in [0.2, 0.25) is 0 Å². The van der Waals surface area contributed by atoms with Crippen LogP contribution in [-0.4, -0.2) is 30.6 Å². The molecule has 0 aliphatic heterocycles. The number of nitrogens with zero attached hydrogens (tertiary/aromatic N) is 1. The molecule has 0 bridgehead atoms. The van der Waals surface area contributed by atoms with E-state index in [1.807, 2.05) is 0 Å². The van der Waals surface area contributed by atoms with Crippen molar-refractivity contribution in [2.75, 3.05) is 14.1 Å². The summed E-state index contributed by atoms with van der Waals surface area (Å²) in [6.45, 7) is 8.80. The lowest BCUT2D eigenvalue weighted by Crippen LogP contribution is -2.57. The Balaban J connectivity index is 4.51. The van der Waals surface area contributed by atoms with Crippen LogP contribution in [0.5, 0.6) is 0 Å². The summed E-state index contributed by atoms with van der Waals surface area (Å²) in [6, 6.07) is 0.248. The average Bonchev–Trinajstić information content (AvgIpc) is 2.01. The summed E-state index contributed by atoms with van der Waals surface area (Å²) < 4.78 is 0. The molecule has 0 heterocycles. The number of hydrogen-bond acceptors (Lipinski definition) is 2. The lowest BCUT2D eigenvalue weighted by molar-refractivity contribution is 0.110. The van der Waals surface area contributed by atoms with Crippen molar-refractivity contribution < 1.29 is 0 Å². The Bertz CT molecular complexity index is 132. The van der Waals surface area contributed by atoms with Gasteiger partial charge in [0.25, 0.3) is 0 Å². The summed E-state index contributed by atoms with van der Waals surface area (Å²) in [5, 5.41) is 0. The molecule has 0 aromatic carbocycles. The molecule has 2 heteroatoms. The predicted octanol–water partition coefficient (Wildman–Crippen LogP) is 1.70. The van der Waals surface area contributed by atoms with Crippen LogP contribution in [0.1, 0.15) is 34.1 Å². The quantitative estimate of drug-likeness (QED) is 0.699. The second kappa shape index (κ2) is 4.24. The minimum atomic E-state index is 0.133. The van der Waals surface area contributed by atoms with Crippen molar-refractivity contribution in [1.29, 1.82) is 0 Å². The normalized spacial score (nSPS) is 19.8. The topological polar surface area (TPSA) is 29.3 Å². The Morgan fingerprint density at radius 2 is 1.75 bits per heavy atom. The Kier molecular flexibility index (Phi) is 4.21. The third-order valence-electron chi connectivity index (χ3n) is 3.17. The molecule has 0 saturated heterocycles. The maximum atomic E-state index is 6.16. The fourth-order valence-corrected chi connectivity index (χ4v) is 1.57. The molecule has 74 valence electrons. The van der Waals surface area contributed by atoms with Gasteiger partial charge in [-0.25, -0.2) is 0 Å². The van der Waals surface area contributed by atoms with Gasteiger partial charge >= 0.3 is 0 Å². The molecule has 2 unspecified atom stereocenters. The molecular formula is C10H24N2. The van der Waals surface area contributed by atoms with Crippen LogP contribution in [-0.2, 0) is 0 Å². The van der Waals surface area contributed by atoms with E-state index in [0.29, 0.717) is 5.92 Å². The Labute approximate surface area is 77.1 Å². The van der Waals surface area contributed by atoms with E-state index < -0.39 is 0 Å². The molecule has 0 aliphatic carbocycles. The zero-order valence-corrected chi connectivity index (χ0v) is 9.39. The number of nitrogens with two attached hydrogens (primary N) is 1. The Hall–Kier alpha value is -0.0800. The van der Waals surface area contributed by atoms with Gasteiger partial charge in [0.05, 0.1) is 0 Å². The molecule has 2 atom stereocenters. The highest BCUT2D eigenvalue weighted by atomic mass is 15.2. The molecule has 0 spiro atoms. The van der Waals surface area contributed by atoms with Gasteiger partial charge in [-0.05, 0) is 33.4 Å². The van der Waals surface area contributed by atoms with E-state index in [1.54, 1.807) is 0 Å². The van der Waals surface area contributed by atoms with Gasteiger partial charge in [0, 0.05) is 11.6 Å². The Morgan fingerprint density at radius 1 is 1.33 bits per heavy atom. The van der Waals surface area contributed by atoms with Crippen LogP contribution in [0.3, 0.4) is 0 Å². The monoisotopic (exact) mass is 172 g/mol. The van der Waals surface area contributed by atoms with Gasteiger partial charge in [-0.1, -0.05) is 20.8 Å². The van der Waals surface area contributed by atoms with Gasteiger partial charge in [0.2, 0.25) is 0 Å². The molecule has 0 aromatic rings. The first kappa shape index (κ1) is 11.9. The van der Waals surface area contributed by atoms with Crippen LogP contribution < -0.4 is 5.73 Å². The number of likely N-dealkylation sites (N-methyl/N-ethyl adjacent to an activating group) is 1. The van der Waals surface area contributed by atoms with Crippen molar-refractivity contribution in [3.8, 4) is 0 Å². The highest BCUT2D eigenvalue weighted by Crippen LogP contribution is 2.23. The summed E-state index contributed by atoms with van der Waals surface area (Å²) >= 11 is 0.